The van der Waals surface area contributed by atoms with Crippen LogP contribution in [0, 0.1) is 13.8 Å². The van der Waals surface area contributed by atoms with Gasteiger partial charge in [-0.1, -0.05) is 64.1 Å². The van der Waals surface area contributed by atoms with Crippen molar-refractivity contribution < 1.29 is 0 Å². The first kappa shape index (κ1) is 23.1. The van der Waals surface area contributed by atoms with Crippen LogP contribution in [-0.2, 0) is 0 Å². The molecular formula is C14H28. The Kier molecular flexibility index (Phi) is 29.5. The summed E-state index contributed by atoms with van der Waals surface area (Å²) in [7, 11) is 0. The van der Waals surface area contributed by atoms with Crippen molar-refractivity contribution in [2.24, 2.45) is 0 Å². The number of hydrogen-bond donors (Lipinski definition) is 0. The van der Waals surface area contributed by atoms with Crippen LogP contribution < -0.4 is 0 Å². The van der Waals surface area contributed by atoms with E-state index in [2.05, 4.69) is 51.3 Å². The highest BCUT2D eigenvalue weighted by molar-refractivity contribution is 5.19. The predicted molar refractivity (Wildman–Crippen MR) is 72.0 cm³/mol. The molecule has 0 heterocycles. The molecule has 14 heavy (non-hydrogen) atoms. The Labute approximate surface area is 91.7 Å². The standard InChI is InChI=1S/C8H10.C2H6.C2H4.2CH4/c1-7-3-5-8(2)6-4-7;2*1-2;;/h3-6H,1-2H3;1-2H3;1-2H2;2*1H4. The third-order valence-electron chi connectivity index (χ3n) is 1.22. The summed E-state index contributed by atoms with van der Waals surface area (Å²) in [5, 5.41) is 0. The van der Waals surface area contributed by atoms with Gasteiger partial charge in [-0.05, 0) is 13.8 Å². The Balaban J connectivity index is -0.0000000750. The molecule has 0 bridgehead atoms. The van der Waals surface area contributed by atoms with Gasteiger partial charge < -0.3 is 0 Å². The van der Waals surface area contributed by atoms with Gasteiger partial charge in [0.25, 0.3) is 0 Å². The number of rotatable bonds is 0. The quantitative estimate of drug-likeness (QED) is 0.487. The zero-order valence-electron chi connectivity index (χ0n) is 8.72. The first-order valence-electron chi connectivity index (χ1n) is 4.32. The summed E-state index contributed by atoms with van der Waals surface area (Å²) in [5.41, 5.74) is 2.66. The molecule has 1 aromatic rings. The molecule has 1 rings (SSSR count). The third kappa shape index (κ3) is 13.5. The summed E-state index contributed by atoms with van der Waals surface area (Å²) in [6.45, 7) is 14.2. The van der Waals surface area contributed by atoms with Gasteiger partial charge >= 0.3 is 0 Å². The highest BCUT2D eigenvalue weighted by Crippen LogP contribution is 1.99. The maximum absolute atomic E-state index is 3.00. The van der Waals surface area contributed by atoms with Gasteiger partial charge in [-0.15, -0.1) is 13.2 Å². The highest BCUT2D eigenvalue weighted by Gasteiger charge is 1.79. The molecule has 0 nitrogen and oxygen atoms in total. The Bertz CT molecular complexity index is 151. The fraction of sp³-hybridized carbons (Fsp3) is 0.429. The monoisotopic (exact) mass is 196 g/mol. The van der Waals surface area contributed by atoms with Crippen molar-refractivity contribution in [3.63, 3.8) is 0 Å². The Morgan fingerprint density at radius 1 is 0.714 bits per heavy atom. The van der Waals surface area contributed by atoms with E-state index in [1.54, 1.807) is 0 Å². The second-order valence-electron chi connectivity index (χ2n) is 2.15. The SMILES string of the molecule is C.C.C=C.CC.Cc1ccc(C)cc1. The van der Waals surface area contributed by atoms with E-state index in [4.69, 9.17) is 0 Å². The molecule has 0 unspecified atom stereocenters. The maximum Gasteiger partial charge on any atom is -0.0398 e. The second-order valence-corrected chi connectivity index (χ2v) is 2.15. The maximum atomic E-state index is 3.00. The molecule has 0 atom stereocenters. The van der Waals surface area contributed by atoms with Gasteiger partial charge in [0.1, 0.15) is 0 Å². The molecule has 0 spiro atoms. The molecule has 0 heteroatoms. The first-order valence-corrected chi connectivity index (χ1v) is 4.32. The summed E-state index contributed by atoms with van der Waals surface area (Å²) in [6, 6.07) is 8.48. The summed E-state index contributed by atoms with van der Waals surface area (Å²) in [6.07, 6.45) is 0. The molecule has 0 amide bonds. The first-order chi connectivity index (χ1) is 5.79. The second kappa shape index (κ2) is 17.9. The van der Waals surface area contributed by atoms with Crippen LogP contribution in [0.5, 0.6) is 0 Å². The van der Waals surface area contributed by atoms with Crippen molar-refractivity contribution in [1.82, 2.24) is 0 Å². The van der Waals surface area contributed by atoms with E-state index >= 15 is 0 Å². The molecule has 0 aliphatic carbocycles. The van der Waals surface area contributed by atoms with Crippen LogP contribution in [0.3, 0.4) is 0 Å². The van der Waals surface area contributed by atoms with Crippen molar-refractivity contribution in [3.05, 3.63) is 48.6 Å². The Morgan fingerprint density at radius 3 is 1.00 bits per heavy atom. The zero-order chi connectivity index (χ0) is 9.98. The van der Waals surface area contributed by atoms with Crippen LogP contribution >= 0.6 is 0 Å². The highest BCUT2D eigenvalue weighted by atomic mass is 13.9. The zero-order valence-corrected chi connectivity index (χ0v) is 8.72. The lowest BCUT2D eigenvalue weighted by atomic mass is 10.2. The van der Waals surface area contributed by atoms with E-state index in [9.17, 15) is 0 Å². The molecule has 0 saturated carbocycles. The van der Waals surface area contributed by atoms with Crippen LogP contribution in [0.2, 0.25) is 0 Å². The van der Waals surface area contributed by atoms with Gasteiger partial charge in [-0.25, -0.2) is 0 Å². The van der Waals surface area contributed by atoms with Crippen molar-refractivity contribution in [2.45, 2.75) is 42.5 Å². The van der Waals surface area contributed by atoms with E-state index in [1.165, 1.54) is 11.1 Å². The normalized spacial score (nSPS) is 6.00. The molecule has 0 N–H and O–H groups in total. The largest absolute Gasteiger partial charge is 0.106 e. The molecule has 0 fully saturated rings. The molecule has 84 valence electrons. The van der Waals surface area contributed by atoms with Crippen molar-refractivity contribution in [3.8, 4) is 0 Å². The molecule has 0 aromatic heterocycles. The molecular weight excluding hydrogens is 168 g/mol. The van der Waals surface area contributed by atoms with E-state index in [0.29, 0.717) is 0 Å². The van der Waals surface area contributed by atoms with Crippen molar-refractivity contribution in [2.75, 3.05) is 0 Å². The van der Waals surface area contributed by atoms with Crippen LogP contribution in [0.25, 0.3) is 0 Å². The van der Waals surface area contributed by atoms with Gasteiger partial charge in [-0.3, -0.25) is 0 Å². The summed E-state index contributed by atoms with van der Waals surface area (Å²) < 4.78 is 0. The van der Waals surface area contributed by atoms with Crippen molar-refractivity contribution >= 4 is 0 Å². The number of benzene rings is 1. The molecule has 1 aromatic carbocycles. The predicted octanol–water partition coefficient (Wildman–Crippen LogP) is 5.40. The molecule has 0 aliphatic rings. The molecule has 0 saturated heterocycles. The minimum atomic E-state index is 0. The average molecular weight is 196 g/mol. The van der Waals surface area contributed by atoms with E-state index in [1.807, 2.05) is 13.8 Å². The minimum Gasteiger partial charge on any atom is -0.106 e. The van der Waals surface area contributed by atoms with Crippen LogP contribution in [0.1, 0.15) is 39.8 Å². The molecule has 0 radical (unpaired) electrons. The Hall–Kier alpha value is -1.04. The third-order valence-corrected chi connectivity index (χ3v) is 1.22. The van der Waals surface area contributed by atoms with Crippen LogP contribution in [0.15, 0.2) is 37.4 Å². The topological polar surface area (TPSA) is 0 Å². The lowest BCUT2D eigenvalue weighted by Crippen LogP contribution is -1.70. The number of aryl methyl sites for hydroxylation is 2. The van der Waals surface area contributed by atoms with Gasteiger partial charge in [0.15, 0.2) is 0 Å². The van der Waals surface area contributed by atoms with E-state index in [-0.39, 0.29) is 14.9 Å². The average Bonchev–Trinajstić information content (AvgIpc) is 2.17. The van der Waals surface area contributed by atoms with Gasteiger partial charge in [-0.2, -0.15) is 0 Å². The fourth-order valence-corrected chi connectivity index (χ4v) is 0.637. The number of hydrogen-bond acceptors (Lipinski definition) is 0. The van der Waals surface area contributed by atoms with Crippen LogP contribution in [-0.4, -0.2) is 0 Å². The minimum absolute atomic E-state index is 0. The van der Waals surface area contributed by atoms with Gasteiger partial charge in [0, 0.05) is 0 Å². The Morgan fingerprint density at radius 2 is 0.857 bits per heavy atom. The van der Waals surface area contributed by atoms with E-state index < -0.39 is 0 Å². The summed E-state index contributed by atoms with van der Waals surface area (Å²) in [5.74, 6) is 0. The lowest BCUT2D eigenvalue weighted by molar-refractivity contribution is 1.40. The summed E-state index contributed by atoms with van der Waals surface area (Å²) >= 11 is 0. The molecule has 0 aliphatic heterocycles. The van der Waals surface area contributed by atoms with Crippen molar-refractivity contribution in [1.29, 1.82) is 0 Å². The van der Waals surface area contributed by atoms with Gasteiger partial charge in [0.05, 0.1) is 0 Å². The summed E-state index contributed by atoms with van der Waals surface area (Å²) in [4.78, 5) is 0. The smallest absolute Gasteiger partial charge is 0.0398 e. The lowest BCUT2D eigenvalue weighted by Gasteiger charge is -1.90. The van der Waals surface area contributed by atoms with Gasteiger partial charge in [0.2, 0.25) is 0 Å². The van der Waals surface area contributed by atoms with E-state index in [0.717, 1.165) is 0 Å². The fourth-order valence-electron chi connectivity index (χ4n) is 0.637. The van der Waals surface area contributed by atoms with Crippen LogP contribution in [0.4, 0.5) is 0 Å².